The maximum absolute atomic E-state index is 13.0. The molecule has 0 radical (unpaired) electrons. The van der Waals surface area contributed by atoms with Gasteiger partial charge in [0.2, 0.25) is 0 Å². The Morgan fingerprint density at radius 1 is 0.725 bits per heavy atom. The number of carboxylic acid groups (broad SMARTS) is 1. The predicted molar refractivity (Wildman–Crippen MR) is 160 cm³/mol. The zero-order chi connectivity index (χ0) is 27.3. The van der Waals surface area contributed by atoms with Gasteiger partial charge in [0.25, 0.3) is 0 Å². The second kappa shape index (κ2) is 12.3. The van der Waals surface area contributed by atoms with Gasteiger partial charge in [-0.1, -0.05) is 60.7 Å². The maximum Gasteiger partial charge on any atom is 0.352 e. The van der Waals surface area contributed by atoms with Crippen LogP contribution in [0.2, 0.25) is 0 Å². The molecule has 0 spiro atoms. The summed E-state index contributed by atoms with van der Waals surface area (Å²) in [7, 11) is 0. The highest BCUT2D eigenvalue weighted by Crippen LogP contribution is 2.40. The van der Waals surface area contributed by atoms with E-state index in [1.165, 1.54) is 38.8 Å². The molecule has 6 rings (SSSR count). The number of carboxylic acids is 1. The molecule has 208 valence electrons. The van der Waals surface area contributed by atoms with Crippen molar-refractivity contribution in [2.24, 2.45) is 0 Å². The number of rotatable bonds is 11. The molecule has 6 nitrogen and oxygen atoms in total. The van der Waals surface area contributed by atoms with Crippen molar-refractivity contribution in [3.63, 3.8) is 0 Å². The Bertz CT molecular complexity index is 1420. The van der Waals surface area contributed by atoms with Crippen molar-refractivity contribution in [1.29, 1.82) is 0 Å². The van der Waals surface area contributed by atoms with E-state index in [4.69, 9.17) is 4.74 Å². The Kier molecular flexibility index (Phi) is 8.17. The maximum atomic E-state index is 13.0. The number of hydrogen-bond donors (Lipinski definition) is 1. The van der Waals surface area contributed by atoms with E-state index in [9.17, 15) is 9.90 Å². The van der Waals surface area contributed by atoms with Gasteiger partial charge < -0.3 is 19.3 Å². The normalized spacial score (nSPS) is 17.0. The van der Waals surface area contributed by atoms with Gasteiger partial charge in [-0.3, -0.25) is 4.90 Å². The molecule has 4 aromatic rings. The predicted octanol–water partition coefficient (Wildman–Crippen LogP) is 6.09. The number of fused-ring (bicyclic) bond motifs is 1. The van der Waals surface area contributed by atoms with Gasteiger partial charge in [0.1, 0.15) is 18.1 Å². The van der Waals surface area contributed by atoms with Crippen LogP contribution in [-0.2, 0) is 6.54 Å². The fraction of sp³-hybridized carbons (Fsp3) is 0.382. The van der Waals surface area contributed by atoms with Gasteiger partial charge >= 0.3 is 5.97 Å². The largest absolute Gasteiger partial charge is 0.492 e. The minimum Gasteiger partial charge on any atom is -0.492 e. The molecule has 0 aliphatic carbocycles. The standard InChI is InChI=1S/C34H39N3O3/c38-34(39)33-32(29-12-4-5-13-30(29)37(33)23-22-35-18-6-7-19-35)31(26-10-2-1-3-11-26)27-14-16-28(17-15-27)40-25-24-36-20-8-9-21-36/h1-5,10-17,31H,6-9,18-25H2,(H,38,39). The Hall–Kier alpha value is -3.61. The van der Waals surface area contributed by atoms with Crippen LogP contribution in [0.15, 0.2) is 78.9 Å². The van der Waals surface area contributed by atoms with Gasteiger partial charge in [0.15, 0.2) is 0 Å². The van der Waals surface area contributed by atoms with Crippen LogP contribution in [0.5, 0.6) is 5.75 Å². The lowest BCUT2D eigenvalue weighted by Crippen LogP contribution is -2.25. The molecular formula is C34H39N3O3. The highest BCUT2D eigenvalue weighted by molar-refractivity contribution is 5.99. The van der Waals surface area contributed by atoms with Crippen LogP contribution >= 0.6 is 0 Å². The van der Waals surface area contributed by atoms with Crippen molar-refractivity contribution < 1.29 is 14.6 Å². The number of aromatic nitrogens is 1. The van der Waals surface area contributed by atoms with Gasteiger partial charge in [0, 0.05) is 42.0 Å². The van der Waals surface area contributed by atoms with E-state index >= 15 is 0 Å². The van der Waals surface area contributed by atoms with Crippen molar-refractivity contribution in [2.75, 3.05) is 45.9 Å². The van der Waals surface area contributed by atoms with Crippen LogP contribution in [0.4, 0.5) is 0 Å². The molecule has 1 aromatic heterocycles. The average molecular weight is 538 g/mol. The number of hydrogen-bond acceptors (Lipinski definition) is 4. The summed E-state index contributed by atoms with van der Waals surface area (Å²) in [6.07, 6.45) is 5.00. The van der Waals surface area contributed by atoms with Crippen LogP contribution in [0.1, 0.15) is 58.8 Å². The summed E-state index contributed by atoms with van der Waals surface area (Å²) in [6.45, 7) is 7.66. The summed E-state index contributed by atoms with van der Waals surface area (Å²) in [5, 5.41) is 11.7. The Morgan fingerprint density at radius 3 is 2.00 bits per heavy atom. The lowest BCUT2D eigenvalue weighted by molar-refractivity contribution is 0.0683. The van der Waals surface area contributed by atoms with E-state index in [0.29, 0.717) is 18.8 Å². The third-order valence-electron chi connectivity index (χ3n) is 8.56. The number of ether oxygens (including phenoxy) is 1. The highest BCUT2D eigenvalue weighted by Gasteiger charge is 2.30. The van der Waals surface area contributed by atoms with Crippen LogP contribution in [0.25, 0.3) is 10.9 Å². The van der Waals surface area contributed by atoms with Crippen molar-refractivity contribution >= 4 is 16.9 Å². The molecule has 3 heterocycles. The lowest BCUT2D eigenvalue weighted by atomic mass is 9.83. The zero-order valence-corrected chi connectivity index (χ0v) is 23.2. The SMILES string of the molecule is O=C(O)c1c(C(c2ccccc2)c2ccc(OCCN3CCCC3)cc2)c2ccccc2n1CCN1CCCC1. The second-order valence-electron chi connectivity index (χ2n) is 11.1. The number of likely N-dealkylation sites (tertiary alicyclic amines) is 2. The first kappa shape index (κ1) is 26.6. The molecule has 2 aliphatic rings. The molecule has 1 unspecified atom stereocenters. The molecule has 0 saturated carbocycles. The summed E-state index contributed by atoms with van der Waals surface area (Å²) in [5.74, 6) is -0.249. The smallest absolute Gasteiger partial charge is 0.352 e. The fourth-order valence-corrected chi connectivity index (χ4v) is 6.56. The molecule has 3 aromatic carbocycles. The molecule has 0 bridgehead atoms. The molecule has 0 amide bonds. The summed E-state index contributed by atoms with van der Waals surface area (Å²) >= 11 is 0. The van der Waals surface area contributed by atoms with Crippen molar-refractivity contribution in [1.82, 2.24) is 14.4 Å². The number of benzene rings is 3. The first-order valence-corrected chi connectivity index (χ1v) is 14.8. The molecule has 1 atom stereocenters. The lowest BCUT2D eigenvalue weighted by Gasteiger charge is -2.21. The second-order valence-corrected chi connectivity index (χ2v) is 11.1. The highest BCUT2D eigenvalue weighted by atomic mass is 16.5. The number of nitrogens with zero attached hydrogens (tertiary/aromatic N) is 3. The monoisotopic (exact) mass is 537 g/mol. The minimum atomic E-state index is -0.879. The van der Waals surface area contributed by atoms with Crippen LogP contribution in [0.3, 0.4) is 0 Å². The van der Waals surface area contributed by atoms with Gasteiger partial charge in [-0.25, -0.2) is 4.79 Å². The first-order chi connectivity index (χ1) is 19.7. The number of carbonyl (C=O) groups is 1. The van der Waals surface area contributed by atoms with E-state index in [1.54, 1.807) is 0 Å². The molecule has 2 saturated heterocycles. The Labute approximate surface area is 236 Å². The van der Waals surface area contributed by atoms with Crippen LogP contribution in [0, 0.1) is 0 Å². The Balaban J connectivity index is 1.37. The van der Waals surface area contributed by atoms with E-state index in [0.717, 1.165) is 59.5 Å². The van der Waals surface area contributed by atoms with Crippen molar-refractivity contribution in [3.05, 3.63) is 101 Å². The van der Waals surface area contributed by atoms with Gasteiger partial charge in [-0.15, -0.1) is 0 Å². The van der Waals surface area contributed by atoms with Gasteiger partial charge in [-0.05, 0) is 81.2 Å². The van der Waals surface area contributed by atoms with E-state index in [1.807, 2.05) is 47.0 Å². The average Bonchev–Trinajstić information content (AvgIpc) is 3.75. The first-order valence-electron chi connectivity index (χ1n) is 14.8. The topological polar surface area (TPSA) is 57.9 Å². The van der Waals surface area contributed by atoms with Crippen LogP contribution < -0.4 is 4.74 Å². The molecule has 2 aliphatic heterocycles. The minimum absolute atomic E-state index is 0.219. The molecule has 6 heteroatoms. The van der Waals surface area contributed by atoms with Crippen molar-refractivity contribution in [3.8, 4) is 5.75 Å². The zero-order valence-electron chi connectivity index (χ0n) is 23.2. The van der Waals surface area contributed by atoms with E-state index < -0.39 is 5.97 Å². The van der Waals surface area contributed by atoms with Gasteiger partial charge in [0.05, 0.1) is 0 Å². The van der Waals surface area contributed by atoms with E-state index in [-0.39, 0.29) is 5.92 Å². The number of para-hydroxylation sites is 1. The summed E-state index contributed by atoms with van der Waals surface area (Å²) in [6, 6.07) is 26.7. The third kappa shape index (κ3) is 5.65. The molecule has 2 fully saturated rings. The summed E-state index contributed by atoms with van der Waals surface area (Å²) in [5.41, 5.74) is 4.37. The Morgan fingerprint density at radius 2 is 1.32 bits per heavy atom. The fourth-order valence-electron chi connectivity index (χ4n) is 6.56. The third-order valence-corrected chi connectivity index (χ3v) is 8.56. The quantitative estimate of drug-likeness (QED) is 0.251. The van der Waals surface area contributed by atoms with Crippen LogP contribution in [-0.4, -0.2) is 71.3 Å². The molecule has 40 heavy (non-hydrogen) atoms. The summed E-state index contributed by atoms with van der Waals surface area (Å²) in [4.78, 5) is 17.9. The summed E-state index contributed by atoms with van der Waals surface area (Å²) < 4.78 is 8.13. The van der Waals surface area contributed by atoms with E-state index in [2.05, 4.69) is 46.2 Å². The molecular weight excluding hydrogens is 498 g/mol. The molecule has 1 N–H and O–H groups in total. The van der Waals surface area contributed by atoms with Gasteiger partial charge in [-0.2, -0.15) is 0 Å². The number of aromatic carboxylic acids is 1. The van der Waals surface area contributed by atoms with Crippen molar-refractivity contribution in [2.45, 2.75) is 38.1 Å².